The zero-order valence-electron chi connectivity index (χ0n) is 60.6. The van der Waals surface area contributed by atoms with Gasteiger partial charge in [0.15, 0.2) is 6.29 Å². The molecule has 0 bridgehead atoms. The van der Waals surface area contributed by atoms with Crippen LogP contribution in [0.25, 0.3) is 0 Å². The molecule has 0 aromatic rings. The lowest BCUT2D eigenvalue weighted by Gasteiger charge is -2.40. The molecule has 9 heteroatoms. The zero-order chi connectivity index (χ0) is 66.4. The van der Waals surface area contributed by atoms with E-state index in [1.54, 1.807) is 6.08 Å². The normalized spacial score (nSPS) is 18.0. The predicted octanol–water partition coefficient (Wildman–Crippen LogP) is 23.0. The van der Waals surface area contributed by atoms with Gasteiger partial charge in [-0.05, 0) is 64.2 Å². The van der Waals surface area contributed by atoms with Crippen molar-refractivity contribution in [2.45, 2.75) is 436 Å². The Bertz CT molecular complexity index is 1690. The van der Waals surface area contributed by atoms with Gasteiger partial charge in [-0.25, -0.2) is 0 Å². The van der Waals surface area contributed by atoms with Gasteiger partial charge in [0.25, 0.3) is 0 Å². The van der Waals surface area contributed by atoms with Crippen molar-refractivity contribution in [3.05, 3.63) is 72.9 Å². The number of aliphatic hydroxyl groups excluding tert-OH is 5. The van der Waals surface area contributed by atoms with E-state index >= 15 is 0 Å². The number of unbranched alkanes of at least 4 members (excludes halogenated alkanes) is 51. The number of carbonyl (C=O) groups is 1. The highest BCUT2D eigenvalue weighted by molar-refractivity contribution is 5.76. The smallest absolute Gasteiger partial charge is 0.220 e. The molecule has 1 amide bonds. The number of amides is 1. The molecule has 0 aliphatic carbocycles. The van der Waals surface area contributed by atoms with Crippen LogP contribution in [0, 0.1) is 0 Å². The zero-order valence-corrected chi connectivity index (χ0v) is 60.6. The largest absolute Gasteiger partial charge is 0.394 e. The van der Waals surface area contributed by atoms with Crippen LogP contribution >= 0.6 is 0 Å². The Morgan fingerprint density at radius 2 is 0.674 bits per heavy atom. The molecule has 1 heterocycles. The second-order valence-corrected chi connectivity index (χ2v) is 27.8. The number of allylic oxidation sites excluding steroid dienone is 11. The van der Waals surface area contributed by atoms with E-state index in [1.165, 1.54) is 302 Å². The quantitative estimate of drug-likeness (QED) is 0.0261. The van der Waals surface area contributed by atoms with E-state index < -0.39 is 49.5 Å². The summed E-state index contributed by atoms with van der Waals surface area (Å²) in [4.78, 5) is 13.2. The standard InChI is InChI=1S/C83H153NO8/c1-3-5-7-9-11-13-15-17-19-21-23-25-27-29-31-33-35-36-37-38-39-40-41-42-43-45-47-49-51-53-55-57-59-61-63-65-67-69-71-73-79(87)84-76(75-91-83-82(90)81(89)80(88)78(74-85)92-83)77(86)72-70-68-66-64-62-60-58-56-54-52-50-48-46-44-34-32-30-28-26-24-22-20-18-16-14-12-10-8-6-4-2/h5,7,11,13,17,19,23,25,29,31,70,72,76-78,80-83,85-86,88-90H,3-4,6,8-10,12,14-16,18,20-22,24,26-28,30,32-69,71,73-75H2,1-2H3,(H,84,87)/b7-5-,13-11-,19-17-,25-23-,31-29-,72-70+. The molecular formula is C83H153NO8. The predicted molar refractivity (Wildman–Crippen MR) is 396 cm³/mol. The Morgan fingerprint density at radius 3 is 1.00 bits per heavy atom. The van der Waals surface area contributed by atoms with Gasteiger partial charge in [-0.1, -0.05) is 395 Å². The minimum absolute atomic E-state index is 0.169. The summed E-state index contributed by atoms with van der Waals surface area (Å²) in [5.41, 5.74) is 0. The number of hydrogen-bond donors (Lipinski definition) is 6. The van der Waals surface area contributed by atoms with Crippen LogP contribution in [0.5, 0.6) is 0 Å². The molecule has 1 saturated heterocycles. The lowest BCUT2D eigenvalue weighted by atomic mass is 9.99. The summed E-state index contributed by atoms with van der Waals surface area (Å²) in [6, 6.07) is -0.807. The number of hydrogen-bond acceptors (Lipinski definition) is 8. The topological polar surface area (TPSA) is 149 Å². The highest BCUT2D eigenvalue weighted by Crippen LogP contribution is 2.24. The minimum Gasteiger partial charge on any atom is -0.394 e. The first-order valence-electron chi connectivity index (χ1n) is 40.2. The fourth-order valence-corrected chi connectivity index (χ4v) is 12.8. The Morgan fingerprint density at radius 1 is 0.380 bits per heavy atom. The first-order valence-corrected chi connectivity index (χ1v) is 40.2. The van der Waals surface area contributed by atoms with E-state index in [0.717, 1.165) is 70.6 Å². The van der Waals surface area contributed by atoms with Crippen molar-refractivity contribution < 1.29 is 39.8 Å². The molecular weight excluding hydrogens is 1140 g/mol. The van der Waals surface area contributed by atoms with Gasteiger partial charge in [-0.15, -0.1) is 0 Å². The van der Waals surface area contributed by atoms with Crippen molar-refractivity contribution in [2.75, 3.05) is 13.2 Å². The van der Waals surface area contributed by atoms with E-state index in [1.807, 2.05) is 6.08 Å². The van der Waals surface area contributed by atoms with Crippen LogP contribution in [0.4, 0.5) is 0 Å². The number of rotatable bonds is 71. The van der Waals surface area contributed by atoms with E-state index in [0.29, 0.717) is 6.42 Å². The van der Waals surface area contributed by atoms with Crippen molar-refractivity contribution in [1.29, 1.82) is 0 Å². The van der Waals surface area contributed by atoms with Crippen LogP contribution in [0.2, 0.25) is 0 Å². The van der Waals surface area contributed by atoms with Crippen LogP contribution in [0.3, 0.4) is 0 Å². The van der Waals surface area contributed by atoms with Crippen LogP contribution in [0.1, 0.15) is 393 Å². The molecule has 1 rings (SSSR count). The van der Waals surface area contributed by atoms with Crippen molar-refractivity contribution in [3.8, 4) is 0 Å². The first-order chi connectivity index (χ1) is 45.3. The van der Waals surface area contributed by atoms with Gasteiger partial charge in [-0.2, -0.15) is 0 Å². The van der Waals surface area contributed by atoms with Crippen molar-refractivity contribution in [3.63, 3.8) is 0 Å². The second-order valence-electron chi connectivity index (χ2n) is 27.8. The van der Waals surface area contributed by atoms with Gasteiger partial charge in [0.05, 0.1) is 25.4 Å². The van der Waals surface area contributed by atoms with Gasteiger partial charge in [0.2, 0.25) is 5.91 Å². The second kappa shape index (κ2) is 71.4. The molecule has 0 aromatic heterocycles. The number of nitrogens with one attached hydrogen (secondary N) is 1. The Kier molecular flexibility index (Phi) is 68.0. The SMILES string of the molecule is CC/C=C\C/C=C\C/C=C\C/C=C\C/C=C\CCCCCCCCCCCCCCCCCCCCCCCCCC(=O)NC(COC1OC(CO)C(O)C(O)C1O)C(O)/C=C/CCCCCCCCCCCCCCCCCCCCCCCCCCCCCC. The fraction of sp³-hybridized carbons (Fsp3) is 0.843. The summed E-state index contributed by atoms with van der Waals surface area (Å²) in [5, 5.41) is 54.9. The molecule has 0 radical (unpaired) electrons. The molecule has 1 aliphatic rings. The number of carbonyl (C=O) groups excluding carboxylic acids is 1. The van der Waals surface area contributed by atoms with E-state index in [4.69, 9.17) is 9.47 Å². The van der Waals surface area contributed by atoms with Gasteiger partial charge < -0.3 is 40.3 Å². The van der Waals surface area contributed by atoms with Crippen LogP contribution in [0.15, 0.2) is 72.9 Å². The molecule has 7 unspecified atom stereocenters. The average molecular weight is 1290 g/mol. The first kappa shape index (κ1) is 87.6. The van der Waals surface area contributed by atoms with Gasteiger partial charge in [0.1, 0.15) is 24.4 Å². The molecule has 0 spiro atoms. The molecule has 1 fully saturated rings. The van der Waals surface area contributed by atoms with Crippen molar-refractivity contribution in [1.82, 2.24) is 5.32 Å². The lowest BCUT2D eigenvalue weighted by molar-refractivity contribution is -0.302. The van der Waals surface area contributed by atoms with Gasteiger partial charge >= 0.3 is 0 Å². The molecule has 7 atom stereocenters. The van der Waals surface area contributed by atoms with E-state index in [2.05, 4.69) is 79.9 Å². The Hall–Kier alpha value is -2.37. The third-order valence-electron chi connectivity index (χ3n) is 19.0. The molecule has 92 heavy (non-hydrogen) atoms. The molecule has 0 aromatic carbocycles. The Balaban J connectivity index is 2.06. The maximum Gasteiger partial charge on any atom is 0.220 e. The highest BCUT2D eigenvalue weighted by atomic mass is 16.7. The summed E-state index contributed by atoms with van der Waals surface area (Å²) in [6.07, 6.45) is 94.8. The van der Waals surface area contributed by atoms with Crippen molar-refractivity contribution in [2.24, 2.45) is 0 Å². The summed E-state index contributed by atoms with van der Waals surface area (Å²) < 4.78 is 11.4. The summed E-state index contributed by atoms with van der Waals surface area (Å²) in [5.74, 6) is -0.169. The third kappa shape index (κ3) is 58.9. The van der Waals surface area contributed by atoms with Gasteiger partial charge in [-0.3, -0.25) is 4.79 Å². The van der Waals surface area contributed by atoms with Crippen molar-refractivity contribution >= 4 is 5.91 Å². The maximum absolute atomic E-state index is 13.2. The fourth-order valence-electron chi connectivity index (χ4n) is 12.8. The van der Waals surface area contributed by atoms with Crippen LogP contribution in [-0.2, 0) is 14.3 Å². The minimum atomic E-state index is -1.57. The van der Waals surface area contributed by atoms with Crippen LogP contribution in [-0.4, -0.2) is 87.5 Å². The highest BCUT2D eigenvalue weighted by Gasteiger charge is 2.44. The monoisotopic (exact) mass is 1290 g/mol. The number of ether oxygens (including phenoxy) is 2. The molecule has 6 N–H and O–H groups in total. The van der Waals surface area contributed by atoms with E-state index in [-0.39, 0.29) is 12.5 Å². The third-order valence-corrected chi connectivity index (χ3v) is 19.0. The molecule has 9 nitrogen and oxygen atoms in total. The number of aliphatic hydroxyl groups is 5. The Labute approximate surface area is 569 Å². The summed E-state index contributed by atoms with van der Waals surface area (Å²) in [7, 11) is 0. The summed E-state index contributed by atoms with van der Waals surface area (Å²) in [6.45, 7) is 3.72. The van der Waals surface area contributed by atoms with E-state index in [9.17, 15) is 30.3 Å². The lowest BCUT2D eigenvalue weighted by Crippen LogP contribution is -2.60. The average Bonchev–Trinajstić information content (AvgIpc) is 1.45. The van der Waals surface area contributed by atoms with Gasteiger partial charge in [0, 0.05) is 6.42 Å². The summed E-state index contributed by atoms with van der Waals surface area (Å²) >= 11 is 0. The molecule has 1 aliphatic heterocycles. The molecule has 0 saturated carbocycles. The van der Waals surface area contributed by atoms with Crippen LogP contribution < -0.4 is 5.32 Å². The maximum atomic E-state index is 13.2. The molecule has 538 valence electrons.